The molecular weight excluding hydrogens is 263 g/mol. The summed E-state index contributed by atoms with van der Waals surface area (Å²) in [6.07, 6.45) is -3.80. The summed E-state index contributed by atoms with van der Waals surface area (Å²) in [6, 6.07) is 0.198. The molecule has 2 N–H and O–H groups in total. The summed E-state index contributed by atoms with van der Waals surface area (Å²) in [5, 5.41) is 12.2. The number of aliphatic carboxylic acids is 1. The highest BCUT2D eigenvalue weighted by molar-refractivity contribution is 5.78. The van der Waals surface area contributed by atoms with Gasteiger partial charge in [-0.3, -0.25) is 10.1 Å². The molecule has 1 rings (SSSR count). The van der Waals surface area contributed by atoms with Crippen LogP contribution in [0.4, 0.5) is 13.2 Å². The van der Waals surface area contributed by atoms with Gasteiger partial charge in [0, 0.05) is 12.5 Å². The molecule has 1 aliphatic rings. The number of rotatable bonds is 8. The van der Waals surface area contributed by atoms with Crippen LogP contribution in [0.2, 0.25) is 0 Å². The molecule has 7 heteroatoms. The minimum atomic E-state index is -4.25. The van der Waals surface area contributed by atoms with Crippen molar-refractivity contribution in [3.8, 4) is 0 Å². The van der Waals surface area contributed by atoms with Crippen LogP contribution < -0.4 is 5.32 Å². The van der Waals surface area contributed by atoms with Crippen molar-refractivity contribution in [1.82, 2.24) is 5.32 Å². The quantitative estimate of drug-likeness (QED) is 0.718. The molecular formula is C12H20F3NO3. The Balaban J connectivity index is 2.38. The van der Waals surface area contributed by atoms with Crippen LogP contribution in [-0.2, 0) is 9.53 Å². The minimum absolute atomic E-state index is 0.136. The van der Waals surface area contributed by atoms with Crippen LogP contribution in [0, 0.1) is 0 Å². The molecule has 0 aromatic heterocycles. The van der Waals surface area contributed by atoms with Crippen LogP contribution in [0.15, 0.2) is 0 Å². The van der Waals surface area contributed by atoms with Gasteiger partial charge < -0.3 is 9.84 Å². The van der Waals surface area contributed by atoms with Gasteiger partial charge in [-0.2, -0.15) is 13.2 Å². The number of carbonyl (C=O) groups is 1. The Morgan fingerprint density at radius 1 is 1.47 bits per heavy atom. The monoisotopic (exact) mass is 283 g/mol. The summed E-state index contributed by atoms with van der Waals surface area (Å²) in [5.41, 5.74) is -1.15. The molecule has 0 heterocycles. The van der Waals surface area contributed by atoms with E-state index in [4.69, 9.17) is 4.74 Å². The fourth-order valence-electron chi connectivity index (χ4n) is 1.90. The topological polar surface area (TPSA) is 58.6 Å². The second kappa shape index (κ2) is 6.09. The van der Waals surface area contributed by atoms with E-state index in [1.165, 1.54) is 6.92 Å². The lowest BCUT2D eigenvalue weighted by atomic mass is 9.94. The molecule has 4 nitrogen and oxygen atoms in total. The van der Waals surface area contributed by atoms with Crippen molar-refractivity contribution >= 4 is 5.97 Å². The molecule has 2 unspecified atom stereocenters. The third kappa shape index (κ3) is 6.24. The first kappa shape index (κ1) is 16.2. The Labute approximate surface area is 110 Å². The number of alkyl halides is 3. The van der Waals surface area contributed by atoms with Gasteiger partial charge in [0.15, 0.2) is 0 Å². The molecule has 0 aromatic rings. The zero-order valence-electron chi connectivity index (χ0n) is 11.1. The summed E-state index contributed by atoms with van der Waals surface area (Å²) in [6.45, 7) is 2.69. The van der Waals surface area contributed by atoms with Crippen molar-refractivity contribution < 1.29 is 27.8 Å². The normalized spacial score (nSPS) is 20.9. The van der Waals surface area contributed by atoms with E-state index in [0.717, 1.165) is 12.8 Å². The fourth-order valence-corrected chi connectivity index (χ4v) is 1.90. The van der Waals surface area contributed by atoms with Gasteiger partial charge in [-0.05, 0) is 26.7 Å². The number of carboxylic acid groups (broad SMARTS) is 1. The molecule has 0 aliphatic heterocycles. The maximum Gasteiger partial charge on any atom is 0.391 e. The minimum Gasteiger partial charge on any atom is -0.480 e. The number of nitrogens with one attached hydrogen (secondary N) is 1. The van der Waals surface area contributed by atoms with Crippen LogP contribution in [0.1, 0.15) is 39.5 Å². The predicted octanol–water partition coefficient (Wildman–Crippen LogP) is 2.33. The highest BCUT2D eigenvalue weighted by Crippen LogP contribution is 2.26. The molecule has 0 amide bonds. The summed E-state index contributed by atoms with van der Waals surface area (Å²) in [7, 11) is 0. The molecule has 2 atom stereocenters. The average molecular weight is 283 g/mol. The van der Waals surface area contributed by atoms with Gasteiger partial charge in [-0.25, -0.2) is 0 Å². The lowest BCUT2D eigenvalue weighted by Crippen LogP contribution is -2.52. The molecule has 0 aromatic carbocycles. The van der Waals surface area contributed by atoms with Crippen LogP contribution in [-0.4, -0.2) is 41.5 Å². The Morgan fingerprint density at radius 2 is 2.05 bits per heavy atom. The number of ether oxygens (including phenoxy) is 1. The average Bonchev–Trinajstić information content (AvgIpc) is 2.98. The van der Waals surface area contributed by atoms with E-state index in [9.17, 15) is 23.1 Å². The third-order valence-electron chi connectivity index (χ3n) is 3.06. The smallest absolute Gasteiger partial charge is 0.391 e. The van der Waals surface area contributed by atoms with Gasteiger partial charge in [0.2, 0.25) is 0 Å². The Kier molecular flexibility index (Phi) is 5.20. The number of hydrogen-bond acceptors (Lipinski definition) is 3. The van der Waals surface area contributed by atoms with Gasteiger partial charge in [-0.15, -0.1) is 0 Å². The molecule has 0 bridgehead atoms. The van der Waals surface area contributed by atoms with Gasteiger partial charge in [0.05, 0.1) is 19.1 Å². The first-order valence-electron chi connectivity index (χ1n) is 6.32. The van der Waals surface area contributed by atoms with Crippen LogP contribution in [0.3, 0.4) is 0 Å². The SMILES string of the molecule is CC(CC(C)(NC1CC1)C(=O)O)OCCC(F)(F)F. The lowest BCUT2D eigenvalue weighted by Gasteiger charge is -2.29. The van der Waals surface area contributed by atoms with Gasteiger partial charge in [0.1, 0.15) is 5.54 Å². The number of carboxylic acids is 1. The first-order valence-corrected chi connectivity index (χ1v) is 6.32. The molecule has 1 saturated carbocycles. The summed E-state index contributed by atoms with van der Waals surface area (Å²) in [4.78, 5) is 11.3. The number of halogens is 3. The van der Waals surface area contributed by atoms with Crippen molar-refractivity contribution in [3.63, 3.8) is 0 Å². The van der Waals surface area contributed by atoms with E-state index >= 15 is 0 Å². The van der Waals surface area contributed by atoms with Gasteiger partial charge >= 0.3 is 12.1 Å². The van der Waals surface area contributed by atoms with Crippen LogP contribution >= 0.6 is 0 Å². The highest BCUT2D eigenvalue weighted by Gasteiger charge is 2.39. The zero-order valence-corrected chi connectivity index (χ0v) is 11.1. The highest BCUT2D eigenvalue weighted by atomic mass is 19.4. The van der Waals surface area contributed by atoms with Gasteiger partial charge in [0.25, 0.3) is 0 Å². The van der Waals surface area contributed by atoms with Gasteiger partial charge in [-0.1, -0.05) is 0 Å². The fraction of sp³-hybridized carbons (Fsp3) is 0.917. The van der Waals surface area contributed by atoms with Crippen molar-refractivity contribution in [2.24, 2.45) is 0 Å². The standard InChI is InChI=1S/C12H20F3NO3/c1-8(19-6-5-12(13,14)15)7-11(2,10(17)18)16-9-3-4-9/h8-9,16H,3-7H2,1-2H3,(H,17,18). The summed E-state index contributed by atoms with van der Waals surface area (Å²) < 4.78 is 40.9. The molecule has 0 spiro atoms. The van der Waals surface area contributed by atoms with Crippen LogP contribution in [0.5, 0.6) is 0 Å². The van der Waals surface area contributed by atoms with E-state index in [2.05, 4.69) is 5.32 Å². The maximum atomic E-state index is 12.0. The van der Waals surface area contributed by atoms with E-state index in [-0.39, 0.29) is 12.5 Å². The molecule has 112 valence electrons. The number of hydrogen-bond donors (Lipinski definition) is 2. The van der Waals surface area contributed by atoms with Crippen molar-refractivity contribution in [1.29, 1.82) is 0 Å². The zero-order chi connectivity index (χ0) is 14.7. The molecule has 0 radical (unpaired) electrons. The third-order valence-corrected chi connectivity index (χ3v) is 3.06. The van der Waals surface area contributed by atoms with E-state index in [1.54, 1.807) is 6.92 Å². The summed E-state index contributed by atoms with van der Waals surface area (Å²) >= 11 is 0. The Hall–Kier alpha value is -0.820. The van der Waals surface area contributed by atoms with Crippen molar-refractivity contribution in [3.05, 3.63) is 0 Å². The maximum absolute atomic E-state index is 12.0. The van der Waals surface area contributed by atoms with Crippen LogP contribution in [0.25, 0.3) is 0 Å². The molecule has 19 heavy (non-hydrogen) atoms. The largest absolute Gasteiger partial charge is 0.480 e. The second-order valence-electron chi connectivity index (χ2n) is 5.31. The van der Waals surface area contributed by atoms with Crippen molar-refractivity contribution in [2.75, 3.05) is 6.61 Å². The Morgan fingerprint density at radius 3 is 2.47 bits per heavy atom. The first-order chi connectivity index (χ1) is 8.62. The predicted molar refractivity (Wildman–Crippen MR) is 62.9 cm³/mol. The molecule has 0 saturated heterocycles. The van der Waals surface area contributed by atoms with E-state index in [0.29, 0.717) is 0 Å². The van der Waals surface area contributed by atoms with E-state index < -0.39 is 36.8 Å². The second-order valence-corrected chi connectivity index (χ2v) is 5.31. The molecule has 1 fully saturated rings. The Bertz CT molecular complexity index is 318. The molecule has 1 aliphatic carbocycles. The summed E-state index contributed by atoms with van der Waals surface area (Å²) in [5.74, 6) is -1.01. The lowest BCUT2D eigenvalue weighted by molar-refractivity contribution is -0.153. The van der Waals surface area contributed by atoms with Crippen molar-refractivity contribution in [2.45, 2.75) is 63.4 Å². The van der Waals surface area contributed by atoms with E-state index in [1.807, 2.05) is 0 Å².